The highest BCUT2D eigenvalue weighted by Crippen LogP contribution is 2.42. The molecule has 2 aliphatic rings. The molecule has 1 N–H and O–H groups in total. The van der Waals surface area contributed by atoms with Gasteiger partial charge in [-0.15, -0.1) is 0 Å². The van der Waals surface area contributed by atoms with E-state index in [9.17, 15) is 4.79 Å². The average molecular weight is 349 g/mol. The van der Waals surface area contributed by atoms with Crippen molar-refractivity contribution in [3.8, 4) is 0 Å². The minimum absolute atomic E-state index is 0.0159. The van der Waals surface area contributed by atoms with Gasteiger partial charge in [-0.2, -0.15) is 0 Å². The van der Waals surface area contributed by atoms with E-state index in [0.717, 1.165) is 19.6 Å². The monoisotopic (exact) mass is 349 g/mol. The Morgan fingerprint density at radius 2 is 1.77 bits per heavy atom. The molecule has 1 saturated heterocycles. The molecule has 2 heterocycles. The molecular formula is C22H27N3O. The number of anilines is 1. The summed E-state index contributed by atoms with van der Waals surface area (Å²) >= 11 is 0. The zero-order chi connectivity index (χ0) is 18.1. The van der Waals surface area contributed by atoms with Crippen molar-refractivity contribution < 1.29 is 4.79 Å². The lowest BCUT2D eigenvalue weighted by atomic mass is 9.82. The van der Waals surface area contributed by atoms with Gasteiger partial charge in [-0.25, -0.2) is 0 Å². The summed E-state index contributed by atoms with van der Waals surface area (Å²) < 4.78 is 0. The molecule has 2 aromatic rings. The first-order valence-corrected chi connectivity index (χ1v) is 9.55. The van der Waals surface area contributed by atoms with Crippen molar-refractivity contribution >= 4 is 11.6 Å². The summed E-state index contributed by atoms with van der Waals surface area (Å²) in [4.78, 5) is 16.7. The van der Waals surface area contributed by atoms with Crippen molar-refractivity contribution in [1.82, 2.24) is 10.2 Å². The summed E-state index contributed by atoms with van der Waals surface area (Å²) in [6.07, 6.45) is 2.41. The second kappa shape index (κ2) is 7.12. The molecule has 2 atom stereocenters. The van der Waals surface area contributed by atoms with Gasteiger partial charge in [-0.05, 0) is 37.1 Å². The van der Waals surface area contributed by atoms with Crippen LogP contribution in [0.1, 0.15) is 48.5 Å². The normalized spacial score (nSPS) is 22.9. The predicted octanol–water partition coefficient (Wildman–Crippen LogP) is 3.50. The van der Waals surface area contributed by atoms with E-state index < -0.39 is 0 Å². The van der Waals surface area contributed by atoms with Crippen LogP contribution in [0.3, 0.4) is 0 Å². The van der Waals surface area contributed by atoms with Crippen LogP contribution < -0.4 is 10.2 Å². The number of nitrogens with one attached hydrogen (secondary N) is 1. The Morgan fingerprint density at radius 3 is 2.46 bits per heavy atom. The number of benzene rings is 2. The van der Waals surface area contributed by atoms with Crippen LogP contribution >= 0.6 is 0 Å². The third-order valence-corrected chi connectivity index (χ3v) is 5.67. The number of fused-ring (bicyclic) bond motifs is 1. The number of hydrogen-bond donors (Lipinski definition) is 1. The molecule has 0 radical (unpaired) electrons. The Morgan fingerprint density at radius 1 is 1.04 bits per heavy atom. The van der Waals surface area contributed by atoms with E-state index in [1.807, 2.05) is 0 Å². The summed E-state index contributed by atoms with van der Waals surface area (Å²) in [7, 11) is 2.11. The fourth-order valence-corrected chi connectivity index (χ4v) is 4.46. The number of hydrogen-bond acceptors (Lipinski definition) is 3. The minimum atomic E-state index is -0.0701. The highest BCUT2D eigenvalue weighted by molar-refractivity contribution is 5.74. The van der Waals surface area contributed by atoms with Crippen LogP contribution in [0.5, 0.6) is 0 Å². The first kappa shape index (κ1) is 17.1. The highest BCUT2D eigenvalue weighted by Gasteiger charge is 2.35. The van der Waals surface area contributed by atoms with Gasteiger partial charge in [0.2, 0.25) is 5.91 Å². The molecule has 2 aromatic carbocycles. The fraction of sp³-hybridized carbons (Fsp3) is 0.409. The van der Waals surface area contributed by atoms with E-state index in [-0.39, 0.29) is 12.1 Å². The fourth-order valence-electron chi connectivity index (χ4n) is 4.46. The molecule has 2 unspecified atom stereocenters. The molecule has 1 amide bonds. The largest absolute Gasteiger partial charge is 0.371 e. The summed E-state index contributed by atoms with van der Waals surface area (Å²) in [5, 5.41) is 3.18. The summed E-state index contributed by atoms with van der Waals surface area (Å²) in [6.45, 7) is 4.70. The van der Waals surface area contributed by atoms with Crippen LogP contribution in [-0.2, 0) is 4.79 Å². The lowest BCUT2D eigenvalue weighted by molar-refractivity contribution is -0.121. The Hall–Kier alpha value is -2.33. The number of nitrogens with zero attached hydrogens (tertiary/aromatic N) is 2. The van der Waals surface area contributed by atoms with Crippen molar-refractivity contribution in [1.29, 1.82) is 0 Å². The molecule has 4 heteroatoms. The zero-order valence-electron chi connectivity index (χ0n) is 15.6. The van der Waals surface area contributed by atoms with Crippen molar-refractivity contribution in [3.63, 3.8) is 0 Å². The number of amides is 1. The Bertz CT molecular complexity index is 783. The maximum Gasteiger partial charge on any atom is 0.218 e. The maximum absolute atomic E-state index is 11.9. The van der Waals surface area contributed by atoms with E-state index in [2.05, 4.69) is 70.7 Å². The second-order valence-corrected chi connectivity index (χ2v) is 7.48. The molecule has 0 aliphatic carbocycles. The van der Waals surface area contributed by atoms with Crippen LogP contribution in [0.25, 0.3) is 0 Å². The first-order chi connectivity index (χ1) is 12.6. The van der Waals surface area contributed by atoms with Crippen molar-refractivity contribution in [3.05, 3.63) is 65.2 Å². The van der Waals surface area contributed by atoms with Crippen LogP contribution in [-0.4, -0.2) is 37.5 Å². The van der Waals surface area contributed by atoms with E-state index >= 15 is 0 Å². The second-order valence-electron chi connectivity index (χ2n) is 7.48. The smallest absolute Gasteiger partial charge is 0.218 e. The van der Waals surface area contributed by atoms with E-state index in [0.29, 0.717) is 5.92 Å². The molecule has 4 rings (SSSR count). The van der Waals surface area contributed by atoms with Gasteiger partial charge in [-0.3, -0.25) is 9.69 Å². The quantitative estimate of drug-likeness (QED) is 0.921. The molecule has 2 aliphatic heterocycles. The molecule has 1 fully saturated rings. The van der Waals surface area contributed by atoms with Crippen molar-refractivity contribution in [2.24, 2.45) is 0 Å². The Kier molecular flexibility index (Phi) is 4.68. The van der Waals surface area contributed by atoms with E-state index in [1.165, 1.54) is 35.2 Å². The van der Waals surface area contributed by atoms with Crippen LogP contribution in [0.4, 0.5) is 5.69 Å². The van der Waals surface area contributed by atoms with Gasteiger partial charge < -0.3 is 10.2 Å². The van der Waals surface area contributed by atoms with Gasteiger partial charge in [0.1, 0.15) is 6.17 Å². The zero-order valence-corrected chi connectivity index (χ0v) is 15.6. The van der Waals surface area contributed by atoms with Gasteiger partial charge in [-0.1, -0.05) is 42.5 Å². The van der Waals surface area contributed by atoms with E-state index in [1.54, 1.807) is 6.92 Å². The molecular weight excluding hydrogens is 322 g/mol. The molecule has 4 nitrogen and oxygen atoms in total. The standard InChI is InChI=1S/C22H27N3O/c1-16(26)23-22-21-18(11-8-12-20(21)25-13-6-7-14-25)19(15-24(22)2)17-9-4-3-5-10-17/h3-5,8-12,19,22H,6-7,13-15H2,1-2H3,(H,23,26). The van der Waals surface area contributed by atoms with Crippen LogP contribution in [0.15, 0.2) is 48.5 Å². The molecule has 0 saturated carbocycles. The third kappa shape index (κ3) is 3.10. The third-order valence-electron chi connectivity index (χ3n) is 5.67. The van der Waals surface area contributed by atoms with Gasteiger partial charge in [0, 0.05) is 43.7 Å². The minimum Gasteiger partial charge on any atom is -0.371 e. The SMILES string of the molecule is CC(=O)NC1c2c(cccc2N2CCCC2)C(c2ccccc2)CN1C. The van der Waals surface area contributed by atoms with Gasteiger partial charge >= 0.3 is 0 Å². The summed E-state index contributed by atoms with van der Waals surface area (Å²) in [5.41, 5.74) is 5.23. The molecule has 0 aromatic heterocycles. The Balaban J connectivity index is 1.85. The first-order valence-electron chi connectivity index (χ1n) is 9.55. The highest BCUT2D eigenvalue weighted by atomic mass is 16.1. The molecule has 136 valence electrons. The van der Waals surface area contributed by atoms with Crippen molar-refractivity contribution in [2.45, 2.75) is 31.8 Å². The lowest BCUT2D eigenvalue weighted by Gasteiger charge is -2.41. The van der Waals surface area contributed by atoms with Crippen LogP contribution in [0, 0.1) is 0 Å². The predicted molar refractivity (Wildman–Crippen MR) is 105 cm³/mol. The van der Waals surface area contributed by atoms with Gasteiger partial charge in [0.15, 0.2) is 0 Å². The van der Waals surface area contributed by atoms with Crippen molar-refractivity contribution in [2.75, 3.05) is 31.6 Å². The van der Waals surface area contributed by atoms with Gasteiger partial charge in [0.05, 0.1) is 0 Å². The molecule has 0 spiro atoms. The number of likely N-dealkylation sites (N-methyl/N-ethyl adjacent to an activating group) is 1. The summed E-state index contributed by atoms with van der Waals surface area (Å²) in [6, 6.07) is 17.4. The number of carbonyl (C=O) groups is 1. The maximum atomic E-state index is 11.9. The average Bonchev–Trinajstić information content (AvgIpc) is 3.18. The topological polar surface area (TPSA) is 35.6 Å². The van der Waals surface area contributed by atoms with Gasteiger partial charge in [0.25, 0.3) is 0 Å². The van der Waals surface area contributed by atoms with Crippen LogP contribution in [0.2, 0.25) is 0 Å². The van der Waals surface area contributed by atoms with E-state index in [4.69, 9.17) is 0 Å². The molecule has 26 heavy (non-hydrogen) atoms. The number of carbonyl (C=O) groups excluding carboxylic acids is 1. The summed E-state index contributed by atoms with van der Waals surface area (Å²) in [5.74, 6) is 0.339. The Labute approximate surface area is 155 Å². The number of rotatable bonds is 3. The molecule has 0 bridgehead atoms. The lowest BCUT2D eigenvalue weighted by Crippen LogP contribution is -2.45.